The molecule has 80 valence electrons. The molecular weight excluding hydrogens is 222 g/mol. The molecule has 0 aliphatic heterocycles. The molecule has 0 fully saturated rings. The zero-order valence-corrected chi connectivity index (χ0v) is 9.34. The van der Waals surface area contributed by atoms with Gasteiger partial charge in [-0.3, -0.25) is 0 Å². The molecule has 2 aromatic rings. The molecule has 0 aliphatic carbocycles. The lowest BCUT2D eigenvalue weighted by atomic mass is 10.2. The summed E-state index contributed by atoms with van der Waals surface area (Å²) in [5.74, 6) is 0. The molecule has 0 saturated heterocycles. The summed E-state index contributed by atoms with van der Waals surface area (Å²) in [5, 5.41) is 0. The van der Waals surface area contributed by atoms with Gasteiger partial charge in [-0.2, -0.15) is 0 Å². The molecule has 3 heteroatoms. The molecule has 2 aromatic carbocycles. The zero-order valence-electron chi connectivity index (χ0n) is 8.58. The van der Waals surface area contributed by atoms with Gasteiger partial charge in [0.1, 0.15) is 0 Å². The molecule has 0 aromatic heterocycles. The average molecular weight is 233 g/mol. The Morgan fingerprint density at radius 3 is 1.50 bits per heavy atom. The van der Waals surface area contributed by atoms with Crippen LogP contribution in [0.1, 0.15) is 0 Å². The van der Waals surface area contributed by atoms with Crippen LogP contribution in [0.25, 0.3) is 0 Å². The second kappa shape index (κ2) is 4.47. The highest BCUT2D eigenvalue weighted by Crippen LogP contribution is 2.34. The SMILES string of the molecule is O=C[N+](Cl)(c1ccccc1)c1ccccc1. The van der Waals surface area contributed by atoms with Crippen molar-refractivity contribution in [2.24, 2.45) is 0 Å². The quantitative estimate of drug-likeness (QED) is 0.583. The highest BCUT2D eigenvalue weighted by atomic mass is 35.5. The van der Waals surface area contributed by atoms with Gasteiger partial charge in [0.2, 0.25) is 0 Å². The fourth-order valence-corrected chi connectivity index (χ4v) is 1.79. The summed E-state index contributed by atoms with van der Waals surface area (Å²) in [5.41, 5.74) is 1.45. The van der Waals surface area contributed by atoms with Gasteiger partial charge in [0, 0.05) is 24.3 Å². The van der Waals surface area contributed by atoms with Gasteiger partial charge in [0.25, 0.3) is 0 Å². The molecule has 0 radical (unpaired) electrons. The molecule has 2 rings (SSSR count). The van der Waals surface area contributed by atoms with E-state index in [-0.39, 0.29) is 4.00 Å². The van der Waals surface area contributed by atoms with E-state index in [9.17, 15) is 4.79 Å². The van der Waals surface area contributed by atoms with E-state index in [1.54, 1.807) is 0 Å². The molecule has 0 bridgehead atoms. The topological polar surface area (TPSA) is 17.1 Å². The lowest BCUT2D eigenvalue weighted by molar-refractivity contribution is -0.112. The molecule has 0 unspecified atom stereocenters. The third-order valence-corrected chi connectivity index (χ3v) is 2.88. The molecular formula is C13H11ClNO+. The first-order valence-electron chi connectivity index (χ1n) is 4.93. The minimum absolute atomic E-state index is 0.359. The Hall–Kier alpha value is -1.64. The van der Waals surface area contributed by atoms with Gasteiger partial charge in [0.05, 0.1) is 0 Å². The molecule has 0 aliphatic rings. The van der Waals surface area contributed by atoms with E-state index in [2.05, 4.69) is 0 Å². The minimum Gasteiger partial charge on any atom is -0.231 e. The first-order chi connectivity index (χ1) is 7.77. The molecule has 0 atom stereocenters. The van der Waals surface area contributed by atoms with Crippen molar-refractivity contribution in [3.63, 3.8) is 0 Å². The van der Waals surface area contributed by atoms with Gasteiger partial charge in [-0.25, -0.2) is 4.79 Å². The summed E-state index contributed by atoms with van der Waals surface area (Å²) in [4.78, 5) is 11.3. The van der Waals surface area contributed by atoms with Crippen molar-refractivity contribution in [2.45, 2.75) is 0 Å². The molecule has 0 spiro atoms. The fourth-order valence-electron chi connectivity index (χ4n) is 1.56. The van der Waals surface area contributed by atoms with Crippen molar-refractivity contribution < 1.29 is 4.79 Å². The number of nitrogens with zero attached hydrogens (tertiary/aromatic N) is 1. The molecule has 0 saturated carbocycles. The van der Waals surface area contributed by atoms with Crippen molar-refractivity contribution >= 4 is 29.6 Å². The van der Waals surface area contributed by atoms with Crippen molar-refractivity contribution in [3.05, 3.63) is 60.7 Å². The lowest BCUT2D eigenvalue weighted by Gasteiger charge is -2.20. The Labute approximate surface area is 99.4 Å². The third-order valence-electron chi connectivity index (χ3n) is 2.41. The summed E-state index contributed by atoms with van der Waals surface area (Å²) in [6, 6.07) is 18.5. The van der Waals surface area contributed by atoms with Gasteiger partial charge in [0.15, 0.2) is 23.2 Å². The number of rotatable bonds is 3. The Bertz CT molecular complexity index is 430. The van der Waals surface area contributed by atoms with Crippen LogP contribution in [-0.4, -0.2) is 6.41 Å². The standard InChI is InChI=1S/C13H11ClNO/c14-15(11-16,12-7-3-1-4-8-12)13-9-5-2-6-10-13/h1-11H/q+1. The number of carbonyl (C=O) groups is 1. The van der Waals surface area contributed by atoms with E-state index < -0.39 is 0 Å². The molecule has 16 heavy (non-hydrogen) atoms. The molecule has 2 nitrogen and oxygen atoms in total. The van der Waals surface area contributed by atoms with Crippen LogP contribution >= 0.6 is 11.8 Å². The van der Waals surface area contributed by atoms with Gasteiger partial charge >= 0.3 is 6.41 Å². The maximum atomic E-state index is 11.3. The largest absolute Gasteiger partial charge is 0.329 e. The first kappa shape index (κ1) is 10.9. The van der Waals surface area contributed by atoms with E-state index in [4.69, 9.17) is 11.8 Å². The highest BCUT2D eigenvalue weighted by Gasteiger charge is 2.31. The summed E-state index contributed by atoms with van der Waals surface area (Å²) in [6.45, 7) is 0. The number of quaternary nitrogens is 1. The van der Waals surface area contributed by atoms with Crippen molar-refractivity contribution in [1.82, 2.24) is 4.00 Å². The Morgan fingerprint density at radius 1 is 0.812 bits per heavy atom. The van der Waals surface area contributed by atoms with Gasteiger partial charge in [-0.1, -0.05) is 40.4 Å². The molecule has 0 N–H and O–H groups in total. The van der Waals surface area contributed by atoms with Crippen molar-refractivity contribution in [2.75, 3.05) is 0 Å². The van der Waals surface area contributed by atoms with Crippen LogP contribution in [0.3, 0.4) is 0 Å². The van der Waals surface area contributed by atoms with Gasteiger partial charge in [-0.15, -0.1) is 0 Å². The van der Waals surface area contributed by atoms with Crippen LogP contribution in [0.4, 0.5) is 11.4 Å². The lowest BCUT2D eigenvalue weighted by Crippen LogP contribution is -2.31. The molecule has 0 heterocycles. The smallest absolute Gasteiger partial charge is 0.231 e. The van der Waals surface area contributed by atoms with Crippen LogP contribution in [0.15, 0.2) is 60.7 Å². The van der Waals surface area contributed by atoms with Crippen LogP contribution in [-0.2, 0) is 4.79 Å². The van der Waals surface area contributed by atoms with E-state index in [0.29, 0.717) is 6.41 Å². The predicted molar refractivity (Wildman–Crippen MR) is 66.3 cm³/mol. The number of benzene rings is 2. The van der Waals surface area contributed by atoms with Gasteiger partial charge in [-0.05, 0) is 0 Å². The van der Waals surface area contributed by atoms with Crippen molar-refractivity contribution in [1.29, 1.82) is 0 Å². The average Bonchev–Trinajstić information content (AvgIpc) is 2.40. The normalized spacial score (nSPS) is 11.1. The number of amides is 1. The maximum absolute atomic E-state index is 11.3. The second-order valence-electron chi connectivity index (χ2n) is 3.41. The second-order valence-corrected chi connectivity index (χ2v) is 3.95. The summed E-state index contributed by atoms with van der Waals surface area (Å²) >= 11 is 6.34. The van der Waals surface area contributed by atoms with Crippen LogP contribution in [0.2, 0.25) is 0 Å². The van der Waals surface area contributed by atoms with Crippen LogP contribution < -0.4 is 4.00 Å². The fraction of sp³-hybridized carbons (Fsp3) is 0. The number of halogens is 1. The third kappa shape index (κ3) is 1.85. The Morgan fingerprint density at radius 2 is 1.19 bits per heavy atom. The Kier molecular flexibility index (Phi) is 3.04. The number of carbonyl (C=O) groups excluding carboxylic acids is 1. The first-order valence-corrected chi connectivity index (χ1v) is 5.27. The highest BCUT2D eigenvalue weighted by molar-refractivity contribution is 6.31. The van der Waals surface area contributed by atoms with E-state index >= 15 is 0 Å². The Balaban J connectivity index is 2.53. The summed E-state index contributed by atoms with van der Waals surface area (Å²) < 4.78 is -0.359. The predicted octanol–water partition coefficient (Wildman–Crippen LogP) is 3.64. The summed E-state index contributed by atoms with van der Waals surface area (Å²) in [7, 11) is 0. The van der Waals surface area contributed by atoms with Crippen LogP contribution in [0.5, 0.6) is 0 Å². The number of hydrogen-bond donors (Lipinski definition) is 0. The molecule has 1 amide bonds. The minimum atomic E-state index is -0.359. The number of hydrogen-bond acceptors (Lipinski definition) is 1. The van der Waals surface area contributed by atoms with Crippen molar-refractivity contribution in [3.8, 4) is 0 Å². The summed E-state index contributed by atoms with van der Waals surface area (Å²) in [6.07, 6.45) is 0.715. The monoisotopic (exact) mass is 232 g/mol. The van der Waals surface area contributed by atoms with E-state index in [0.717, 1.165) is 11.4 Å². The van der Waals surface area contributed by atoms with E-state index in [1.807, 2.05) is 60.7 Å². The van der Waals surface area contributed by atoms with Gasteiger partial charge < -0.3 is 0 Å². The zero-order chi connectivity index (χ0) is 11.4. The maximum Gasteiger partial charge on any atom is 0.329 e. The van der Waals surface area contributed by atoms with E-state index in [1.165, 1.54) is 0 Å². The number of para-hydroxylation sites is 2. The van der Waals surface area contributed by atoms with Crippen LogP contribution in [0, 0.1) is 0 Å².